The van der Waals surface area contributed by atoms with Gasteiger partial charge >= 0.3 is 0 Å². The number of nitrogens with zero attached hydrogens (tertiary/aromatic N) is 1. The second-order valence-corrected chi connectivity index (χ2v) is 8.14. The zero-order valence-corrected chi connectivity index (χ0v) is 14.2. The summed E-state index contributed by atoms with van der Waals surface area (Å²) in [7, 11) is -0.777. The smallest absolute Gasteiger partial charge is 0.267 e. The average molecular weight is 349 g/mol. The Morgan fingerprint density at radius 3 is 2.74 bits per heavy atom. The minimum Gasteiger partial charge on any atom is -0.361 e. The maximum Gasteiger partial charge on any atom is 0.267 e. The first kappa shape index (κ1) is 15.7. The third kappa shape index (κ3) is 2.76. The summed E-state index contributed by atoms with van der Waals surface area (Å²) < 4.78 is 25.7. The molecule has 3 rings (SSSR count). The summed E-state index contributed by atoms with van der Waals surface area (Å²) in [6.07, 6.45) is 1.79. The second kappa shape index (κ2) is 5.80. The summed E-state index contributed by atoms with van der Waals surface area (Å²) in [5.41, 5.74) is 1.53. The molecule has 0 aliphatic rings. The molecule has 2 aromatic heterocycles. The summed E-state index contributed by atoms with van der Waals surface area (Å²) in [6.45, 7) is 0. The Bertz CT molecular complexity index is 971. The van der Waals surface area contributed by atoms with Crippen molar-refractivity contribution in [2.45, 2.75) is 4.90 Å². The molecule has 0 spiro atoms. The van der Waals surface area contributed by atoms with E-state index in [4.69, 9.17) is 0 Å². The Morgan fingerprint density at radius 2 is 2.00 bits per heavy atom. The number of carbonyl (C=O) groups is 1. The number of carbonyl (C=O) groups excluding carboxylic acids is 1. The lowest BCUT2D eigenvalue weighted by Crippen LogP contribution is -2.24. The van der Waals surface area contributed by atoms with Gasteiger partial charge in [-0.3, -0.25) is 4.79 Å². The van der Waals surface area contributed by atoms with Crippen LogP contribution in [0.25, 0.3) is 10.9 Å². The molecule has 0 bridgehead atoms. The van der Waals surface area contributed by atoms with E-state index in [1.807, 2.05) is 18.2 Å². The van der Waals surface area contributed by atoms with Gasteiger partial charge in [0.15, 0.2) is 0 Å². The van der Waals surface area contributed by atoms with Crippen molar-refractivity contribution in [2.75, 3.05) is 19.4 Å². The fourth-order valence-electron chi connectivity index (χ4n) is 2.24. The van der Waals surface area contributed by atoms with Crippen LogP contribution in [0.5, 0.6) is 0 Å². The quantitative estimate of drug-likeness (QED) is 0.760. The molecule has 0 fully saturated rings. The van der Waals surface area contributed by atoms with Crippen molar-refractivity contribution in [3.8, 4) is 0 Å². The van der Waals surface area contributed by atoms with Gasteiger partial charge in [0.25, 0.3) is 5.91 Å². The van der Waals surface area contributed by atoms with Crippen LogP contribution in [0.15, 0.2) is 46.8 Å². The van der Waals surface area contributed by atoms with E-state index in [-0.39, 0.29) is 9.77 Å². The molecule has 6 nitrogen and oxygen atoms in total. The van der Waals surface area contributed by atoms with Gasteiger partial charge in [-0.05, 0) is 29.6 Å². The van der Waals surface area contributed by atoms with E-state index in [2.05, 4.69) is 10.3 Å². The SMILES string of the molecule is CN(C)S(=O)(=O)c1ccsc1C(=O)Nc1cccc2[nH]ccc12. The van der Waals surface area contributed by atoms with Crippen molar-refractivity contribution < 1.29 is 13.2 Å². The Hall–Kier alpha value is -2.16. The summed E-state index contributed by atoms with van der Waals surface area (Å²) >= 11 is 1.10. The standard InChI is InChI=1S/C15H15N3O3S2/c1-18(2)23(20,21)13-7-9-22-14(13)15(19)17-12-5-3-4-11-10(12)6-8-16-11/h3-9,16H,1-2H3,(H,17,19). The third-order valence-electron chi connectivity index (χ3n) is 3.44. The van der Waals surface area contributed by atoms with Gasteiger partial charge in [-0.2, -0.15) is 0 Å². The van der Waals surface area contributed by atoms with Crippen LogP contribution in [-0.4, -0.2) is 37.7 Å². The number of hydrogen-bond acceptors (Lipinski definition) is 4. The largest absolute Gasteiger partial charge is 0.361 e. The van der Waals surface area contributed by atoms with Crippen molar-refractivity contribution in [1.29, 1.82) is 0 Å². The zero-order valence-electron chi connectivity index (χ0n) is 12.5. The minimum atomic E-state index is -3.66. The molecule has 0 aliphatic heterocycles. The molecule has 0 saturated carbocycles. The maximum absolute atomic E-state index is 12.5. The van der Waals surface area contributed by atoms with Crippen LogP contribution in [0, 0.1) is 0 Å². The van der Waals surface area contributed by atoms with Gasteiger partial charge in [-0.1, -0.05) is 6.07 Å². The zero-order chi connectivity index (χ0) is 16.6. The lowest BCUT2D eigenvalue weighted by atomic mass is 10.2. The van der Waals surface area contributed by atoms with Gasteiger partial charge in [0.2, 0.25) is 10.0 Å². The van der Waals surface area contributed by atoms with Crippen LogP contribution < -0.4 is 5.32 Å². The van der Waals surface area contributed by atoms with Crippen molar-refractivity contribution >= 4 is 43.9 Å². The van der Waals surface area contributed by atoms with Gasteiger partial charge in [0, 0.05) is 31.2 Å². The van der Waals surface area contributed by atoms with Gasteiger partial charge in [0.1, 0.15) is 9.77 Å². The Morgan fingerprint density at radius 1 is 1.22 bits per heavy atom. The number of H-pyrrole nitrogens is 1. The van der Waals surface area contributed by atoms with Crippen LogP contribution >= 0.6 is 11.3 Å². The van der Waals surface area contributed by atoms with Gasteiger partial charge in [0.05, 0.1) is 5.69 Å². The number of sulfonamides is 1. The molecule has 1 amide bonds. The monoisotopic (exact) mass is 349 g/mol. The van der Waals surface area contributed by atoms with Crippen LogP contribution in [0.2, 0.25) is 0 Å². The molecule has 0 atom stereocenters. The number of aromatic amines is 1. The number of fused-ring (bicyclic) bond motifs is 1. The number of nitrogens with one attached hydrogen (secondary N) is 2. The van der Waals surface area contributed by atoms with E-state index >= 15 is 0 Å². The highest BCUT2D eigenvalue weighted by Crippen LogP contribution is 2.27. The highest BCUT2D eigenvalue weighted by molar-refractivity contribution is 7.89. The van der Waals surface area contributed by atoms with E-state index in [1.165, 1.54) is 20.2 Å². The summed E-state index contributed by atoms with van der Waals surface area (Å²) in [5, 5.41) is 5.26. The number of thiophene rings is 1. The van der Waals surface area contributed by atoms with Gasteiger partial charge in [-0.25, -0.2) is 12.7 Å². The summed E-state index contributed by atoms with van der Waals surface area (Å²) in [6, 6.07) is 8.81. The van der Waals surface area contributed by atoms with E-state index in [1.54, 1.807) is 17.6 Å². The fraction of sp³-hybridized carbons (Fsp3) is 0.133. The van der Waals surface area contributed by atoms with Crippen molar-refractivity contribution in [3.63, 3.8) is 0 Å². The molecule has 0 aliphatic carbocycles. The highest BCUT2D eigenvalue weighted by atomic mass is 32.2. The van der Waals surface area contributed by atoms with Gasteiger partial charge in [-0.15, -0.1) is 11.3 Å². The number of rotatable bonds is 4. The predicted octanol–water partition coefficient (Wildman–Crippen LogP) is 2.73. The molecule has 3 aromatic rings. The first-order valence-corrected chi connectivity index (χ1v) is 9.10. The molecule has 2 N–H and O–H groups in total. The Labute approximate surface area is 137 Å². The van der Waals surface area contributed by atoms with Crippen LogP contribution in [0.3, 0.4) is 0 Å². The molecule has 0 unspecified atom stereocenters. The number of benzene rings is 1. The normalized spacial score (nSPS) is 12.0. The topological polar surface area (TPSA) is 82.3 Å². The van der Waals surface area contributed by atoms with Crippen molar-refractivity contribution in [1.82, 2.24) is 9.29 Å². The molecule has 1 aromatic carbocycles. The molecular formula is C15H15N3O3S2. The average Bonchev–Trinajstić information content (AvgIpc) is 3.16. The van der Waals surface area contributed by atoms with Crippen molar-refractivity contribution in [2.24, 2.45) is 0 Å². The Balaban J connectivity index is 1.97. The van der Waals surface area contributed by atoms with E-state index < -0.39 is 15.9 Å². The molecule has 8 heteroatoms. The van der Waals surface area contributed by atoms with Crippen LogP contribution in [0.1, 0.15) is 9.67 Å². The number of amides is 1. The highest BCUT2D eigenvalue weighted by Gasteiger charge is 2.26. The van der Waals surface area contributed by atoms with Crippen molar-refractivity contribution in [3.05, 3.63) is 46.8 Å². The number of hydrogen-bond donors (Lipinski definition) is 2. The molecule has 2 heterocycles. The first-order chi connectivity index (χ1) is 10.9. The summed E-state index contributed by atoms with van der Waals surface area (Å²) in [4.78, 5) is 15.8. The number of aromatic nitrogens is 1. The lowest BCUT2D eigenvalue weighted by Gasteiger charge is -2.12. The maximum atomic E-state index is 12.5. The van der Waals surface area contributed by atoms with E-state index in [9.17, 15) is 13.2 Å². The van der Waals surface area contributed by atoms with E-state index in [0.29, 0.717) is 5.69 Å². The molecule has 0 saturated heterocycles. The molecule has 23 heavy (non-hydrogen) atoms. The fourth-order valence-corrected chi connectivity index (χ4v) is 4.43. The Kier molecular flexibility index (Phi) is 3.97. The second-order valence-electron chi connectivity index (χ2n) is 5.10. The van der Waals surface area contributed by atoms with Crippen LogP contribution in [-0.2, 0) is 10.0 Å². The van der Waals surface area contributed by atoms with Crippen LogP contribution in [0.4, 0.5) is 5.69 Å². The number of anilines is 1. The molecule has 0 radical (unpaired) electrons. The van der Waals surface area contributed by atoms with E-state index in [0.717, 1.165) is 26.5 Å². The lowest BCUT2D eigenvalue weighted by molar-refractivity contribution is 0.102. The predicted molar refractivity (Wildman–Crippen MR) is 91.4 cm³/mol. The third-order valence-corrected chi connectivity index (χ3v) is 6.34. The summed E-state index contributed by atoms with van der Waals surface area (Å²) in [5.74, 6) is -0.436. The molecule has 120 valence electrons. The van der Waals surface area contributed by atoms with Gasteiger partial charge < -0.3 is 10.3 Å². The first-order valence-electron chi connectivity index (χ1n) is 6.79. The molecular weight excluding hydrogens is 334 g/mol. The minimum absolute atomic E-state index is 0.0197.